The maximum absolute atomic E-state index is 12.1. The van der Waals surface area contributed by atoms with Gasteiger partial charge in [0.15, 0.2) is 11.7 Å². The van der Waals surface area contributed by atoms with Crippen molar-refractivity contribution in [3.05, 3.63) is 59.2 Å². The van der Waals surface area contributed by atoms with Crippen LogP contribution in [-0.4, -0.2) is 41.3 Å². The van der Waals surface area contributed by atoms with Crippen LogP contribution in [0.3, 0.4) is 0 Å². The van der Waals surface area contributed by atoms with Gasteiger partial charge in [0.2, 0.25) is 0 Å². The Bertz CT molecular complexity index is 935. The highest BCUT2D eigenvalue weighted by molar-refractivity contribution is 7.80. The highest BCUT2D eigenvalue weighted by atomic mass is 32.1. The number of carbonyl (C=O) groups is 1. The van der Waals surface area contributed by atoms with Crippen LogP contribution in [-0.2, 0) is 4.79 Å². The molecule has 2 aromatic rings. The van der Waals surface area contributed by atoms with E-state index in [0.717, 1.165) is 48.5 Å². The van der Waals surface area contributed by atoms with Crippen molar-refractivity contribution in [3.63, 3.8) is 0 Å². The highest BCUT2D eigenvalue weighted by Gasteiger charge is 2.18. The van der Waals surface area contributed by atoms with Gasteiger partial charge in [-0.15, -0.1) is 0 Å². The van der Waals surface area contributed by atoms with Gasteiger partial charge in [-0.3, -0.25) is 10.2 Å². The van der Waals surface area contributed by atoms with E-state index >= 15 is 0 Å². The Morgan fingerprint density at radius 1 is 1.13 bits per heavy atom. The van der Waals surface area contributed by atoms with Gasteiger partial charge in [0.25, 0.3) is 5.91 Å². The molecule has 1 aliphatic rings. The summed E-state index contributed by atoms with van der Waals surface area (Å²) in [5.41, 5.74) is 7.94. The molecule has 6 nitrogen and oxygen atoms in total. The van der Waals surface area contributed by atoms with E-state index in [2.05, 4.69) is 35.8 Å². The van der Waals surface area contributed by atoms with Crippen LogP contribution < -0.4 is 15.5 Å². The fraction of sp³-hybridized carbons (Fsp3) is 0.348. The summed E-state index contributed by atoms with van der Waals surface area (Å²) in [4.78, 5) is 13.9. The molecule has 0 atom stereocenters. The fourth-order valence-corrected chi connectivity index (χ4v) is 3.39. The quantitative estimate of drug-likeness (QED) is 0.417. The second-order valence-electron chi connectivity index (χ2n) is 7.41. The molecule has 0 saturated carbocycles. The summed E-state index contributed by atoms with van der Waals surface area (Å²) in [6.07, 6.45) is 2.16. The molecule has 1 saturated heterocycles. The molecule has 2 N–H and O–H groups in total. The lowest BCUT2D eigenvalue weighted by Crippen LogP contribution is -2.32. The Kier molecular flexibility index (Phi) is 7.41. The van der Waals surface area contributed by atoms with Gasteiger partial charge < -0.3 is 15.0 Å². The third-order valence-electron chi connectivity index (χ3n) is 5.27. The molecule has 1 fully saturated rings. The number of thiocarbonyl (C=S) groups is 1. The van der Waals surface area contributed by atoms with Crippen LogP contribution in [0, 0.1) is 13.8 Å². The molecule has 1 amide bonds. The van der Waals surface area contributed by atoms with Crippen LogP contribution in [0.25, 0.3) is 0 Å². The predicted octanol–water partition coefficient (Wildman–Crippen LogP) is 4.02. The van der Waals surface area contributed by atoms with Crippen molar-refractivity contribution in [1.29, 1.82) is 0 Å². The minimum atomic E-state index is 0.0448. The van der Waals surface area contributed by atoms with Gasteiger partial charge in [0, 0.05) is 18.8 Å². The minimum absolute atomic E-state index is 0.0448. The average Bonchev–Trinajstić information content (AvgIpc) is 3.29. The van der Waals surface area contributed by atoms with Crippen LogP contribution in [0.4, 0.5) is 5.69 Å². The van der Waals surface area contributed by atoms with Crippen molar-refractivity contribution < 1.29 is 9.53 Å². The number of hydrogen-bond donors (Lipinski definition) is 2. The Labute approximate surface area is 183 Å². The second kappa shape index (κ2) is 10.2. The van der Waals surface area contributed by atoms with Crippen LogP contribution in [0.15, 0.2) is 47.6 Å². The lowest BCUT2D eigenvalue weighted by Gasteiger charge is -2.15. The van der Waals surface area contributed by atoms with Crippen molar-refractivity contribution in [2.24, 2.45) is 5.10 Å². The zero-order valence-corrected chi connectivity index (χ0v) is 18.5. The SMILES string of the molecule is C/C(=N/NC(=S)Nc1cccc(C)c1C)c1ccc(OCC(=O)N2CCCC2)cc1. The molecule has 2 aromatic carbocycles. The van der Waals surface area contributed by atoms with E-state index in [1.54, 1.807) is 0 Å². The Balaban J connectivity index is 1.51. The molecule has 0 radical (unpaired) electrons. The molecule has 3 rings (SSSR count). The largest absolute Gasteiger partial charge is 0.484 e. The van der Waals surface area contributed by atoms with Crippen molar-refractivity contribution in [2.75, 3.05) is 25.0 Å². The van der Waals surface area contributed by atoms with Crippen molar-refractivity contribution >= 4 is 34.6 Å². The van der Waals surface area contributed by atoms with E-state index in [1.807, 2.05) is 48.2 Å². The number of aryl methyl sites for hydroxylation is 1. The maximum Gasteiger partial charge on any atom is 0.260 e. The third-order valence-corrected chi connectivity index (χ3v) is 5.46. The zero-order chi connectivity index (χ0) is 21.5. The number of nitrogens with zero attached hydrogens (tertiary/aromatic N) is 2. The number of nitrogens with one attached hydrogen (secondary N) is 2. The lowest BCUT2D eigenvalue weighted by molar-refractivity contribution is -0.132. The van der Waals surface area contributed by atoms with E-state index in [-0.39, 0.29) is 12.5 Å². The number of amides is 1. The smallest absolute Gasteiger partial charge is 0.260 e. The van der Waals surface area contributed by atoms with E-state index in [1.165, 1.54) is 5.56 Å². The van der Waals surface area contributed by atoms with Crippen LogP contribution >= 0.6 is 12.2 Å². The number of anilines is 1. The molecule has 0 aliphatic carbocycles. The second-order valence-corrected chi connectivity index (χ2v) is 7.82. The Hall–Kier alpha value is -2.93. The van der Waals surface area contributed by atoms with Crippen molar-refractivity contribution in [1.82, 2.24) is 10.3 Å². The van der Waals surface area contributed by atoms with Gasteiger partial charge in [0.05, 0.1) is 5.71 Å². The van der Waals surface area contributed by atoms with Gasteiger partial charge in [-0.05, 0) is 92.9 Å². The Morgan fingerprint density at radius 3 is 2.53 bits per heavy atom. The van der Waals surface area contributed by atoms with Crippen LogP contribution in [0.1, 0.15) is 36.5 Å². The summed E-state index contributed by atoms with van der Waals surface area (Å²) >= 11 is 5.35. The first-order chi connectivity index (χ1) is 14.4. The summed E-state index contributed by atoms with van der Waals surface area (Å²) in [7, 11) is 0. The summed E-state index contributed by atoms with van der Waals surface area (Å²) in [6.45, 7) is 7.77. The van der Waals surface area contributed by atoms with Crippen molar-refractivity contribution in [2.45, 2.75) is 33.6 Å². The monoisotopic (exact) mass is 424 g/mol. The molecule has 30 heavy (non-hydrogen) atoms. The van der Waals surface area contributed by atoms with Gasteiger partial charge in [-0.2, -0.15) is 5.10 Å². The normalized spacial score (nSPS) is 13.8. The molecule has 0 unspecified atom stereocenters. The highest BCUT2D eigenvalue weighted by Crippen LogP contribution is 2.18. The lowest BCUT2D eigenvalue weighted by atomic mass is 10.1. The molecule has 1 aliphatic heterocycles. The van der Waals surface area contributed by atoms with E-state index < -0.39 is 0 Å². The van der Waals surface area contributed by atoms with Gasteiger partial charge in [-0.25, -0.2) is 0 Å². The molecular weight excluding hydrogens is 396 g/mol. The predicted molar refractivity (Wildman–Crippen MR) is 125 cm³/mol. The van der Waals surface area contributed by atoms with E-state index in [4.69, 9.17) is 17.0 Å². The summed E-state index contributed by atoms with van der Waals surface area (Å²) in [5, 5.41) is 7.97. The topological polar surface area (TPSA) is 66.0 Å². The van der Waals surface area contributed by atoms with Gasteiger partial charge >= 0.3 is 0 Å². The molecule has 1 heterocycles. The van der Waals surface area contributed by atoms with Crippen LogP contribution in [0.2, 0.25) is 0 Å². The average molecular weight is 425 g/mol. The first kappa shape index (κ1) is 21.8. The first-order valence-electron chi connectivity index (χ1n) is 10.1. The third kappa shape index (κ3) is 5.79. The molecular formula is C23H28N4O2S. The number of benzene rings is 2. The number of hydrazone groups is 1. The number of ether oxygens (including phenoxy) is 1. The number of rotatable bonds is 6. The maximum atomic E-state index is 12.1. The molecule has 0 spiro atoms. The molecule has 7 heteroatoms. The van der Waals surface area contributed by atoms with Crippen LogP contribution in [0.5, 0.6) is 5.75 Å². The Morgan fingerprint density at radius 2 is 1.83 bits per heavy atom. The summed E-state index contributed by atoms with van der Waals surface area (Å²) < 4.78 is 5.62. The van der Waals surface area contributed by atoms with E-state index in [0.29, 0.717) is 10.9 Å². The number of carbonyl (C=O) groups excluding carboxylic acids is 1. The fourth-order valence-electron chi connectivity index (χ4n) is 3.23. The number of likely N-dealkylation sites (tertiary alicyclic amines) is 1. The summed E-state index contributed by atoms with van der Waals surface area (Å²) in [6, 6.07) is 13.6. The number of hydrogen-bond acceptors (Lipinski definition) is 4. The summed E-state index contributed by atoms with van der Waals surface area (Å²) in [5.74, 6) is 0.711. The van der Waals surface area contributed by atoms with Gasteiger partial charge in [0.1, 0.15) is 5.75 Å². The molecule has 158 valence electrons. The van der Waals surface area contributed by atoms with E-state index in [9.17, 15) is 4.79 Å². The standard InChI is InChI=1S/C23H28N4O2S/c1-16-7-6-8-21(17(16)2)24-23(30)26-25-18(3)19-9-11-20(12-10-19)29-15-22(28)27-13-4-5-14-27/h6-12H,4-5,13-15H2,1-3H3,(H2,24,26,30)/b25-18-. The zero-order valence-electron chi connectivity index (χ0n) is 17.7. The van der Waals surface area contributed by atoms with Gasteiger partial charge in [-0.1, -0.05) is 12.1 Å². The molecule has 0 aromatic heterocycles. The minimum Gasteiger partial charge on any atom is -0.484 e. The van der Waals surface area contributed by atoms with Crippen molar-refractivity contribution in [3.8, 4) is 5.75 Å². The first-order valence-corrected chi connectivity index (χ1v) is 10.5. The molecule has 0 bridgehead atoms.